The Labute approximate surface area is 130 Å². The average Bonchev–Trinajstić information content (AvgIpc) is 2.86. The molecule has 2 fully saturated rings. The Balaban J connectivity index is 1.56. The number of likely N-dealkylation sites (tertiary alicyclic amines) is 1. The molecule has 2 aliphatic rings. The molecule has 3 rings (SSSR count). The van der Waals surface area contributed by atoms with Crippen LogP contribution in [-0.4, -0.2) is 43.0 Å². The van der Waals surface area contributed by atoms with Gasteiger partial charge in [0.05, 0.1) is 6.54 Å². The van der Waals surface area contributed by atoms with E-state index in [9.17, 15) is 4.79 Å². The van der Waals surface area contributed by atoms with E-state index in [1.165, 1.54) is 12.8 Å². The highest BCUT2D eigenvalue weighted by molar-refractivity contribution is 6.31. The van der Waals surface area contributed by atoms with Crippen molar-refractivity contribution in [1.29, 1.82) is 0 Å². The molecule has 0 spiro atoms. The third-order valence-corrected chi connectivity index (χ3v) is 4.99. The van der Waals surface area contributed by atoms with Crippen molar-refractivity contribution in [1.82, 2.24) is 10.2 Å². The van der Waals surface area contributed by atoms with Crippen LogP contribution in [0.2, 0.25) is 5.02 Å². The highest BCUT2D eigenvalue weighted by Crippen LogP contribution is 2.25. The molecule has 5 heteroatoms. The second kappa shape index (κ2) is 6.34. The predicted molar refractivity (Wildman–Crippen MR) is 85.8 cm³/mol. The van der Waals surface area contributed by atoms with Gasteiger partial charge in [0.1, 0.15) is 0 Å². The summed E-state index contributed by atoms with van der Waals surface area (Å²) >= 11 is 6.08. The van der Waals surface area contributed by atoms with Gasteiger partial charge >= 0.3 is 0 Å². The third kappa shape index (κ3) is 3.39. The molecule has 2 N–H and O–H groups in total. The van der Waals surface area contributed by atoms with Gasteiger partial charge in [-0.2, -0.15) is 0 Å². The van der Waals surface area contributed by atoms with Gasteiger partial charge in [-0.25, -0.2) is 0 Å². The summed E-state index contributed by atoms with van der Waals surface area (Å²) in [6.07, 6.45) is 2.53. The number of nitrogens with one attached hydrogen (secondary N) is 2. The molecule has 2 aliphatic heterocycles. The predicted octanol–water partition coefficient (Wildman–Crippen LogP) is 2.27. The second-order valence-electron chi connectivity index (χ2n) is 6.12. The quantitative estimate of drug-likeness (QED) is 0.900. The minimum absolute atomic E-state index is 0.0408. The van der Waals surface area contributed by atoms with E-state index in [0.717, 1.165) is 30.9 Å². The van der Waals surface area contributed by atoms with E-state index < -0.39 is 0 Å². The molecule has 0 aliphatic carbocycles. The molecule has 2 heterocycles. The Morgan fingerprint density at radius 3 is 3.14 bits per heavy atom. The van der Waals surface area contributed by atoms with Gasteiger partial charge in [-0.15, -0.1) is 0 Å². The van der Waals surface area contributed by atoms with E-state index in [1.54, 1.807) is 0 Å². The molecule has 1 aromatic rings. The summed E-state index contributed by atoms with van der Waals surface area (Å²) in [5, 5.41) is 7.22. The third-order valence-electron chi connectivity index (χ3n) is 4.58. The Morgan fingerprint density at radius 1 is 1.48 bits per heavy atom. The standard InChI is InChI=1S/C16H22ClN3O/c1-11-13(17)5-2-6-14(11)19-16(21)10-20-8-12-4-3-7-18-15(12)9-20/h2,5-6,12,15,18H,3-4,7-10H2,1H3,(H,19,21)/t12-,15+/m0/s1. The number of carbonyl (C=O) groups is 1. The number of amides is 1. The van der Waals surface area contributed by atoms with E-state index >= 15 is 0 Å². The fourth-order valence-electron chi connectivity index (χ4n) is 3.40. The van der Waals surface area contributed by atoms with E-state index in [2.05, 4.69) is 15.5 Å². The maximum Gasteiger partial charge on any atom is 0.238 e. The molecule has 0 unspecified atom stereocenters. The van der Waals surface area contributed by atoms with Gasteiger partial charge in [0.2, 0.25) is 5.91 Å². The first-order chi connectivity index (χ1) is 10.1. The lowest BCUT2D eigenvalue weighted by molar-refractivity contribution is -0.117. The summed E-state index contributed by atoms with van der Waals surface area (Å²) in [5.41, 5.74) is 1.73. The van der Waals surface area contributed by atoms with Crippen LogP contribution in [0.1, 0.15) is 18.4 Å². The molecule has 2 atom stereocenters. The number of carbonyl (C=O) groups excluding carboxylic acids is 1. The van der Waals surface area contributed by atoms with Crippen LogP contribution in [0.15, 0.2) is 18.2 Å². The Morgan fingerprint density at radius 2 is 2.33 bits per heavy atom. The zero-order valence-corrected chi connectivity index (χ0v) is 13.1. The van der Waals surface area contributed by atoms with Crippen LogP contribution in [0.25, 0.3) is 0 Å². The minimum atomic E-state index is 0.0408. The molecule has 0 saturated carbocycles. The van der Waals surface area contributed by atoms with E-state index in [0.29, 0.717) is 23.5 Å². The molecule has 21 heavy (non-hydrogen) atoms. The number of piperidine rings is 1. The van der Waals surface area contributed by atoms with Crippen molar-refractivity contribution in [2.24, 2.45) is 5.92 Å². The number of rotatable bonds is 3. The van der Waals surface area contributed by atoms with E-state index in [1.807, 2.05) is 25.1 Å². The lowest BCUT2D eigenvalue weighted by Gasteiger charge is -2.24. The highest BCUT2D eigenvalue weighted by atomic mass is 35.5. The molecule has 1 amide bonds. The molecule has 1 aromatic carbocycles. The van der Waals surface area contributed by atoms with Gasteiger partial charge in [0, 0.05) is 29.8 Å². The van der Waals surface area contributed by atoms with Crippen molar-refractivity contribution < 1.29 is 4.79 Å². The maximum atomic E-state index is 12.2. The van der Waals surface area contributed by atoms with Gasteiger partial charge < -0.3 is 10.6 Å². The van der Waals surface area contributed by atoms with Gasteiger partial charge in [-0.05, 0) is 49.9 Å². The van der Waals surface area contributed by atoms with Gasteiger partial charge in [-0.3, -0.25) is 9.69 Å². The monoisotopic (exact) mass is 307 g/mol. The summed E-state index contributed by atoms with van der Waals surface area (Å²) in [6, 6.07) is 6.16. The summed E-state index contributed by atoms with van der Waals surface area (Å²) in [4.78, 5) is 14.5. The van der Waals surface area contributed by atoms with Gasteiger partial charge in [-0.1, -0.05) is 17.7 Å². The van der Waals surface area contributed by atoms with Crippen LogP contribution in [-0.2, 0) is 4.79 Å². The first kappa shape index (κ1) is 14.8. The molecule has 0 radical (unpaired) electrons. The number of halogens is 1. The molecule has 114 valence electrons. The van der Waals surface area contributed by atoms with Crippen LogP contribution in [0.3, 0.4) is 0 Å². The van der Waals surface area contributed by atoms with Crippen LogP contribution < -0.4 is 10.6 Å². The molecular weight excluding hydrogens is 286 g/mol. The SMILES string of the molecule is Cc1c(Cl)cccc1NC(=O)CN1C[C@@H]2CCCN[C@@H]2C1. The zero-order chi connectivity index (χ0) is 14.8. The number of hydrogen-bond acceptors (Lipinski definition) is 3. The first-order valence-corrected chi connectivity index (χ1v) is 8.02. The van der Waals surface area contributed by atoms with Crippen molar-refractivity contribution in [2.45, 2.75) is 25.8 Å². The topological polar surface area (TPSA) is 44.4 Å². The summed E-state index contributed by atoms with van der Waals surface area (Å²) in [5.74, 6) is 0.749. The van der Waals surface area contributed by atoms with Crippen molar-refractivity contribution in [2.75, 3.05) is 31.5 Å². The number of fused-ring (bicyclic) bond motifs is 1. The molecular formula is C16H22ClN3O. The first-order valence-electron chi connectivity index (χ1n) is 7.64. The van der Waals surface area contributed by atoms with Crippen molar-refractivity contribution >= 4 is 23.2 Å². The maximum absolute atomic E-state index is 12.2. The summed E-state index contributed by atoms with van der Waals surface area (Å²) < 4.78 is 0. The number of hydrogen-bond donors (Lipinski definition) is 2. The Kier molecular flexibility index (Phi) is 4.48. The van der Waals surface area contributed by atoms with E-state index in [4.69, 9.17) is 11.6 Å². The van der Waals surface area contributed by atoms with Crippen LogP contribution in [0.4, 0.5) is 5.69 Å². The molecule has 0 aromatic heterocycles. The Hall–Kier alpha value is -1.10. The van der Waals surface area contributed by atoms with Crippen LogP contribution in [0.5, 0.6) is 0 Å². The Bertz CT molecular complexity index is 520. The average molecular weight is 308 g/mol. The molecule has 0 bridgehead atoms. The number of anilines is 1. The lowest BCUT2D eigenvalue weighted by atomic mass is 9.94. The zero-order valence-electron chi connectivity index (χ0n) is 12.4. The largest absolute Gasteiger partial charge is 0.325 e. The van der Waals surface area contributed by atoms with Crippen LogP contribution in [0, 0.1) is 12.8 Å². The minimum Gasteiger partial charge on any atom is -0.325 e. The summed E-state index contributed by atoms with van der Waals surface area (Å²) in [6.45, 7) is 5.50. The van der Waals surface area contributed by atoms with Crippen LogP contribution >= 0.6 is 11.6 Å². The fourth-order valence-corrected chi connectivity index (χ4v) is 3.58. The second-order valence-corrected chi connectivity index (χ2v) is 6.52. The van der Waals surface area contributed by atoms with Gasteiger partial charge in [0.15, 0.2) is 0 Å². The van der Waals surface area contributed by atoms with Crippen molar-refractivity contribution in [3.8, 4) is 0 Å². The normalized spacial score (nSPS) is 25.6. The fraction of sp³-hybridized carbons (Fsp3) is 0.562. The smallest absolute Gasteiger partial charge is 0.238 e. The molecule has 2 saturated heterocycles. The highest BCUT2D eigenvalue weighted by Gasteiger charge is 2.34. The summed E-state index contributed by atoms with van der Waals surface area (Å²) in [7, 11) is 0. The van der Waals surface area contributed by atoms with Crippen molar-refractivity contribution in [3.63, 3.8) is 0 Å². The van der Waals surface area contributed by atoms with Gasteiger partial charge in [0.25, 0.3) is 0 Å². The van der Waals surface area contributed by atoms with E-state index in [-0.39, 0.29) is 5.91 Å². The lowest BCUT2D eigenvalue weighted by Crippen LogP contribution is -2.41. The number of nitrogens with zero attached hydrogens (tertiary/aromatic N) is 1. The van der Waals surface area contributed by atoms with Crippen molar-refractivity contribution in [3.05, 3.63) is 28.8 Å². The molecule has 4 nitrogen and oxygen atoms in total. The number of benzene rings is 1.